The molecule has 4 rings (SSSR count). The molecule has 4 aromatic rings. The molecule has 0 fully saturated rings. The third kappa shape index (κ3) is 3.29. The lowest BCUT2D eigenvalue weighted by Gasteiger charge is -2.08. The molecule has 0 aliphatic rings. The average molecular weight is 378 g/mol. The van der Waals surface area contributed by atoms with E-state index in [4.69, 9.17) is 16.0 Å². The number of halogens is 1. The summed E-state index contributed by atoms with van der Waals surface area (Å²) in [4.78, 5) is 13.0. The van der Waals surface area contributed by atoms with Gasteiger partial charge in [-0.3, -0.25) is 9.98 Å². The van der Waals surface area contributed by atoms with Gasteiger partial charge in [0.15, 0.2) is 5.58 Å². The fourth-order valence-corrected chi connectivity index (χ4v) is 3.02. The Morgan fingerprint density at radius 1 is 1.11 bits per heavy atom. The summed E-state index contributed by atoms with van der Waals surface area (Å²) >= 11 is 6.28. The Morgan fingerprint density at radius 2 is 1.89 bits per heavy atom. The molecule has 0 bridgehead atoms. The van der Waals surface area contributed by atoms with E-state index in [1.54, 1.807) is 24.7 Å². The first-order valence-corrected chi connectivity index (χ1v) is 8.74. The van der Waals surface area contributed by atoms with E-state index in [-0.39, 0.29) is 5.75 Å². The average Bonchev–Trinajstić information content (AvgIpc) is 3.10. The number of aromatic hydroxyl groups is 1. The first-order chi connectivity index (χ1) is 13.0. The van der Waals surface area contributed by atoms with Crippen LogP contribution in [0, 0.1) is 13.8 Å². The molecule has 0 aliphatic heterocycles. The van der Waals surface area contributed by atoms with Gasteiger partial charge in [-0.25, -0.2) is 4.98 Å². The Balaban J connectivity index is 1.69. The number of rotatable bonds is 3. The first-order valence-electron chi connectivity index (χ1n) is 8.36. The minimum atomic E-state index is 0.153. The van der Waals surface area contributed by atoms with Gasteiger partial charge in [-0.2, -0.15) is 0 Å². The highest BCUT2D eigenvalue weighted by molar-refractivity contribution is 6.32. The summed E-state index contributed by atoms with van der Waals surface area (Å²) in [6.07, 6.45) is 5.00. The second-order valence-corrected chi connectivity index (χ2v) is 6.61. The molecular weight excluding hydrogens is 362 g/mol. The molecule has 0 unspecified atom stereocenters. The third-order valence-electron chi connectivity index (χ3n) is 4.35. The zero-order valence-corrected chi connectivity index (χ0v) is 15.5. The minimum Gasteiger partial charge on any atom is -0.507 e. The van der Waals surface area contributed by atoms with Crippen molar-refractivity contribution < 1.29 is 9.52 Å². The van der Waals surface area contributed by atoms with E-state index < -0.39 is 0 Å². The van der Waals surface area contributed by atoms with Crippen molar-refractivity contribution in [3.8, 4) is 17.2 Å². The van der Waals surface area contributed by atoms with Gasteiger partial charge < -0.3 is 9.52 Å². The molecule has 1 N–H and O–H groups in total. The van der Waals surface area contributed by atoms with Crippen LogP contribution in [0.5, 0.6) is 5.75 Å². The molecule has 134 valence electrons. The zero-order valence-electron chi connectivity index (χ0n) is 14.8. The summed E-state index contributed by atoms with van der Waals surface area (Å²) in [5.74, 6) is 0.688. The second kappa shape index (κ2) is 6.85. The maximum absolute atomic E-state index is 10.2. The highest BCUT2D eigenvalue weighted by Gasteiger charge is 2.11. The van der Waals surface area contributed by atoms with Crippen molar-refractivity contribution in [2.24, 2.45) is 4.99 Å². The van der Waals surface area contributed by atoms with Crippen molar-refractivity contribution in [3.05, 3.63) is 70.5 Å². The Hall–Kier alpha value is -3.18. The summed E-state index contributed by atoms with van der Waals surface area (Å²) in [5.41, 5.74) is 5.17. The van der Waals surface area contributed by atoms with E-state index in [1.807, 2.05) is 44.2 Å². The van der Waals surface area contributed by atoms with Gasteiger partial charge in [0.05, 0.1) is 5.69 Å². The maximum Gasteiger partial charge on any atom is 0.227 e. The van der Waals surface area contributed by atoms with Crippen molar-refractivity contribution in [3.63, 3.8) is 0 Å². The van der Waals surface area contributed by atoms with Gasteiger partial charge in [-0.15, -0.1) is 0 Å². The summed E-state index contributed by atoms with van der Waals surface area (Å²) in [7, 11) is 0. The number of aryl methyl sites for hydroxylation is 1. The van der Waals surface area contributed by atoms with Gasteiger partial charge in [-0.05, 0) is 61.4 Å². The number of phenolic OH excluding ortho intramolecular Hbond substituents is 1. The maximum atomic E-state index is 10.2. The van der Waals surface area contributed by atoms with E-state index in [0.29, 0.717) is 33.3 Å². The number of hydrogen-bond acceptors (Lipinski definition) is 5. The van der Waals surface area contributed by atoms with Crippen LogP contribution < -0.4 is 0 Å². The van der Waals surface area contributed by atoms with Crippen LogP contribution in [0.15, 0.2) is 58.2 Å². The van der Waals surface area contributed by atoms with E-state index >= 15 is 0 Å². The molecular formula is C21H16ClN3O2. The molecule has 0 radical (unpaired) electrons. The molecule has 6 heteroatoms. The number of hydrogen-bond donors (Lipinski definition) is 1. The molecule has 5 nitrogen and oxygen atoms in total. The number of aliphatic imine (C=N–C) groups is 1. The second-order valence-electron chi connectivity index (χ2n) is 6.23. The van der Waals surface area contributed by atoms with Crippen molar-refractivity contribution in [1.82, 2.24) is 9.97 Å². The van der Waals surface area contributed by atoms with Crippen LogP contribution in [0.1, 0.15) is 16.7 Å². The van der Waals surface area contributed by atoms with E-state index in [2.05, 4.69) is 15.0 Å². The van der Waals surface area contributed by atoms with E-state index in [9.17, 15) is 5.11 Å². The van der Waals surface area contributed by atoms with Gasteiger partial charge in [-0.1, -0.05) is 11.6 Å². The van der Waals surface area contributed by atoms with Crippen LogP contribution in [0.2, 0.25) is 5.02 Å². The first kappa shape index (κ1) is 17.2. The lowest BCUT2D eigenvalue weighted by Crippen LogP contribution is -1.92. The highest BCUT2D eigenvalue weighted by atomic mass is 35.5. The van der Waals surface area contributed by atoms with Gasteiger partial charge >= 0.3 is 0 Å². The van der Waals surface area contributed by atoms with Crippen LogP contribution >= 0.6 is 11.6 Å². The van der Waals surface area contributed by atoms with Gasteiger partial charge in [0.2, 0.25) is 5.89 Å². The molecule has 0 aliphatic carbocycles. The molecule has 0 spiro atoms. The van der Waals surface area contributed by atoms with E-state index in [1.165, 1.54) is 0 Å². The van der Waals surface area contributed by atoms with Crippen molar-refractivity contribution in [2.75, 3.05) is 0 Å². The smallest absolute Gasteiger partial charge is 0.227 e. The van der Waals surface area contributed by atoms with Crippen molar-refractivity contribution in [2.45, 2.75) is 13.8 Å². The van der Waals surface area contributed by atoms with Crippen molar-refractivity contribution in [1.29, 1.82) is 0 Å². The molecule has 0 amide bonds. The van der Waals surface area contributed by atoms with Crippen molar-refractivity contribution >= 4 is 34.6 Å². The van der Waals surface area contributed by atoms with Crippen LogP contribution in [0.3, 0.4) is 0 Å². The predicted octanol–water partition coefficient (Wildman–Crippen LogP) is 5.62. The van der Waals surface area contributed by atoms with Crippen LogP contribution in [0.25, 0.3) is 22.6 Å². The Kier molecular flexibility index (Phi) is 4.38. The monoisotopic (exact) mass is 377 g/mol. The van der Waals surface area contributed by atoms with Gasteiger partial charge in [0.1, 0.15) is 11.3 Å². The molecule has 2 heterocycles. The molecule has 27 heavy (non-hydrogen) atoms. The minimum absolute atomic E-state index is 0.153. The summed E-state index contributed by atoms with van der Waals surface area (Å²) in [6.45, 7) is 3.72. The van der Waals surface area contributed by atoms with E-state index in [0.717, 1.165) is 16.7 Å². The van der Waals surface area contributed by atoms with Gasteiger partial charge in [0.25, 0.3) is 0 Å². The molecule has 0 atom stereocenters. The predicted molar refractivity (Wildman–Crippen MR) is 107 cm³/mol. The van der Waals surface area contributed by atoms with Crippen LogP contribution in [-0.2, 0) is 0 Å². The topological polar surface area (TPSA) is 71.5 Å². The number of aromatic nitrogens is 2. The standard InChI is InChI=1S/C21H16ClN3O2/c1-12-9-18(26)16(13(2)20(12)22)11-24-15-3-4-19-17(10-15)25-21(27-19)14-5-7-23-8-6-14/h3-11,26H,1-2H3. The summed E-state index contributed by atoms with van der Waals surface area (Å²) in [5, 5.41) is 10.8. The molecule has 2 aromatic heterocycles. The number of phenols is 1. The quantitative estimate of drug-likeness (QED) is 0.470. The fourth-order valence-electron chi connectivity index (χ4n) is 2.87. The number of nitrogens with zero attached hydrogens (tertiary/aromatic N) is 3. The Bertz CT molecular complexity index is 1170. The number of fused-ring (bicyclic) bond motifs is 1. The lowest BCUT2D eigenvalue weighted by atomic mass is 10.0. The summed E-state index contributed by atoms with van der Waals surface area (Å²) in [6, 6.07) is 10.8. The fraction of sp³-hybridized carbons (Fsp3) is 0.0952. The molecule has 0 saturated heterocycles. The largest absolute Gasteiger partial charge is 0.507 e. The third-order valence-corrected chi connectivity index (χ3v) is 4.93. The van der Waals surface area contributed by atoms with Gasteiger partial charge in [0, 0.05) is 34.8 Å². The number of benzene rings is 2. The van der Waals surface area contributed by atoms with Crippen LogP contribution in [-0.4, -0.2) is 21.3 Å². The number of pyridine rings is 1. The SMILES string of the molecule is Cc1cc(O)c(C=Nc2ccc3oc(-c4ccncc4)nc3c2)c(C)c1Cl. The lowest BCUT2D eigenvalue weighted by molar-refractivity contribution is 0.473. The zero-order chi connectivity index (χ0) is 19.0. The Morgan fingerprint density at radius 3 is 2.67 bits per heavy atom. The normalized spacial score (nSPS) is 11.5. The molecule has 0 saturated carbocycles. The summed E-state index contributed by atoms with van der Waals surface area (Å²) < 4.78 is 5.79. The van der Waals surface area contributed by atoms with Crippen LogP contribution in [0.4, 0.5) is 5.69 Å². The Labute approximate surface area is 161 Å². The highest BCUT2D eigenvalue weighted by Crippen LogP contribution is 2.31. The molecule has 2 aromatic carbocycles. The number of oxazole rings is 1.